The Labute approximate surface area is 118 Å². The van der Waals surface area contributed by atoms with Gasteiger partial charge in [0.25, 0.3) is 0 Å². The van der Waals surface area contributed by atoms with Gasteiger partial charge < -0.3 is 10.6 Å². The van der Waals surface area contributed by atoms with Crippen molar-refractivity contribution >= 4 is 28.9 Å². The molecule has 1 aliphatic carbocycles. The molecular formula is C14H18Cl2N2. The van der Waals surface area contributed by atoms with Crippen LogP contribution in [0.3, 0.4) is 0 Å². The third kappa shape index (κ3) is 2.61. The fourth-order valence-electron chi connectivity index (χ4n) is 3.15. The van der Waals surface area contributed by atoms with Gasteiger partial charge in [-0.1, -0.05) is 23.2 Å². The first-order valence-electron chi connectivity index (χ1n) is 6.59. The highest BCUT2D eigenvalue weighted by molar-refractivity contribution is 6.35. The van der Waals surface area contributed by atoms with E-state index in [-0.39, 0.29) is 0 Å². The summed E-state index contributed by atoms with van der Waals surface area (Å²) in [5.74, 6) is 0.817. The van der Waals surface area contributed by atoms with Crippen molar-refractivity contribution in [2.75, 3.05) is 25.0 Å². The monoisotopic (exact) mass is 284 g/mol. The van der Waals surface area contributed by atoms with E-state index in [0.29, 0.717) is 15.5 Å². The lowest BCUT2D eigenvalue weighted by atomic mass is 9.92. The van der Waals surface area contributed by atoms with Crippen LogP contribution in [0.25, 0.3) is 0 Å². The Morgan fingerprint density at radius 1 is 1.17 bits per heavy atom. The number of hydrogen-bond acceptors (Lipinski definition) is 2. The van der Waals surface area contributed by atoms with Gasteiger partial charge in [-0.25, -0.2) is 0 Å². The lowest BCUT2D eigenvalue weighted by molar-refractivity contribution is 0.326. The zero-order valence-electron chi connectivity index (χ0n) is 10.3. The highest BCUT2D eigenvalue weighted by Gasteiger charge is 2.53. The molecule has 1 saturated heterocycles. The zero-order valence-corrected chi connectivity index (χ0v) is 11.8. The molecule has 1 aromatic rings. The number of rotatable bonds is 3. The fourth-order valence-corrected chi connectivity index (χ4v) is 3.68. The van der Waals surface area contributed by atoms with E-state index < -0.39 is 0 Å². The molecule has 18 heavy (non-hydrogen) atoms. The van der Waals surface area contributed by atoms with E-state index >= 15 is 0 Å². The third-order valence-corrected chi connectivity index (χ3v) is 4.81. The summed E-state index contributed by atoms with van der Waals surface area (Å²) in [5, 5.41) is 8.29. The van der Waals surface area contributed by atoms with Crippen LogP contribution in [0.15, 0.2) is 18.2 Å². The van der Waals surface area contributed by atoms with E-state index in [4.69, 9.17) is 23.2 Å². The van der Waals surface area contributed by atoms with Gasteiger partial charge in [0.05, 0.1) is 0 Å². The summed E-state index contributed by atoms with van der Waals surface area (Å²) in [6.45, 7) is 3.40. The lowest BCUT2D eigenvalue weighted by Gasteiger charge is -2.23. The Kier molecular flexibility index (Phi) is 3.44. The van der Waals surface area contributed by atoms with E-state index in [0.717, 1.165) is 18.2 Å². The Balaban J connectivity index is 1.56. The van der Waals surface area contributed by atoms with E-state index in [1.54, 1.807) is 6.07 Å². The first kappa shape index (κ1) is 12.6. The largest absolute Gasteiger partial charge is 0.385 e. The van der Waals surface area contributed by atoms with Crippen molar-refractivity contribution < 1.29 is 0 Å². The molecule has 1 heterocycles. The molecule has 4 heteroatoms. The maximum atomic E-state index is 5.99. The summed E-state index contributed by atoms with van der Waals surface area (Å²) in [4.78, 5) is 0. The second-order valence-corrected chi connectivity index (χ2v) is 6.43. The van der Waals surface area contributed by atoms with Crippen LogP contribution >= 0.6 is 23.2 Å². The van der Waals surface area contributed by atoms with E-state index in [1.165, 1.54) is 32.4 Å². The van der Waals surface area contributed by atoms with Crippen LogP contribution in [0.2, 0.25) is 10.0 Å². The van der Waals surface area contributed by atoms with E-state index in [9.17, 15) is 0 Å². The molecule has 1 atom stereocenters. The van der Waals surface area contributed by atoms with Crippen LogP contribution in [-0.2, 0) is 0 Å². The summed E-state index contributed by atoms with van der Waals surface area (Å²) in [7, 11) is 0. The van der Waals surface area contributed by atoms with Gasteiger partial charge in [0.1, 0.15) is 0 Å². The first-order chi connectivity index (χ1) is 8.68. The van der Waals surface area contributed by atoms with Crippen LogP contribution < -0.4 is 10.6 Å². The van der Waals surface area contributed by atoms with Gasteiger partial charge in [-0.3, -0.25) is 0 Å². The number of piperidine rings is 1. The molecule has 2 nitrogen and oxygen atoms in total. The van der Waals surface area contributed by atoms with Gasteiger partial charge in [0.2, 0.25) is 0 Å². The van der Waals surface area contributed by atoms with Gasteiger partial charge in [-0.2, -0.15) is 0 Å². The first-order valence-corrected chi connectivity index (χ1v) is 7.34. The Morgan fingerprint density at radius 2 is 1.83 bits per heavy atom. The molecule has 0 aromatic heterocycles. The Morgan fingerprint density at radius 3 is 2.50 bits per heavy atom. The molecule has 2 aliphatic rings. The van der Waals surface area contributed by atoms with Gasteiger partial charge in [-0.05, 0) is 61.9 Å². The standard InChI is InChI=1S/C14H18Cl2N2/c15-11-5-12(16)7-13(6-11)18-9-10-8-14(10)1-3-17-4-2-14/h5-7,10,17-18H,1-4,8-9H2. The summed E-state index contributed by atoms with van der Waals surface area (Å²) < 4.78 is 0. The number of benzene rings is 1. The minimum absolute atomic E-state index is 0.626. The van der Waals surface area contributed by atoms with Crippen molar-refractivity contribution in [2.45, 2.75) is 19.3 Å². The SMILES string of the molecule is Clc1cc(Cl)cc(NCC2CC23CCNCC3)c1. The maximum absolute atomic E-state index is 5.99. The summed E-state index contributed by atoms with van der Waals surface area (Å²) in [5.41, 5.74) is 1.66. The Bertz CT molecular complexity index is 421. The molecule has 1 spiro atoms. The third-order valence-electron chi connectivity index (χ3n) is 4.37. The van der Waals surface area contributed by atoms with E-state index in [2.05, 4.69) is 10.6 Å². The zero-order chi connectivity index (χ0) is 12.6. The van der Waals surface area contributed by atoms with Crippen LogP contribution in [0.5, 0.6) is 0 Å². The minimum atomic E-state index is 0.626. The smallest absolute Gasteiger partial charge is 0.0441 e. The van der Waals surface area contributed by atoms with Gasteiger partial charge >= 0.3 is 0 Å². The number of halogens is 2. The average molecular weight is 285 g/mol. The number of anilines is 1. The van der Waals surface area contributed by atoms with Crippen molar-refractivity contribution in [1.82, 2.24) is 5.32 Å². The van der Waals surface area contributed by atoms with Crippen molar-refractivity contribution in [3.8, 4) is 0 Å². The van der Waals surface area contributed by atoms with Crippen molar-refractivity contribution in [3.05, 3.63) is 28.2 Å². The molecule has 98 valence electrons. The van der Waals surface area contributed by atoms with Crippen molar-refractivity contribution in [2.24, 2.45) is 11.3 Å². The lowest BCUT2D eigenvalue weighted by Crippen LogP contribution is -2.30. The molecule has 1 aliphatic heterocycles. The summed E-state index contributed by atoms with van der Waals surface area (Å²) in [6, 6.07) is 5.63. The van der Waals surface area contributed by atoms with Gasteiger partial charge in [0, 0.05) is 22.3 Å². The molecule has 1 unspecified atom stereocenters. The number of hydrogen-bond donors (Lipinski definition) is 2. The van der Waals surface area contributed by atoms with Gasteiger partial charge in [0.15, 0.2) is 0 Å². The molecule has 3 rings (SSSR count). The average Bonchev–Trinajstić information content (AvgIpc) is 2.99. The molecule has 1 saturated carbocycles. The second-order valence-electron chi connectivity index (χ2n) is 5.55. The molecule has 2 fully saturated rings. The number of nitrogens with one attached hydrogen (secondary N) is 2. The fraction of sp³-hybridized carbons (Fsp3) is 0.571. The van der Waals surface area contributed by atoms with Crippen LogP contribution in [0, 0.1) is 11.3 Å². The highest BCUT2D eigenvalue weighted by atomic mass is 35.5. The van der Waals surface area contributed by atoms with E-state index in [1.807, 2.05) is 12.1 Å². The van der Waals surface area contributed by atoms with Crippen LogP contribution in [-0.4, -0.2) is 19.6 Å². The normalized spacial score (nSPS) is 25.1. The van der Waals surface area contributed by atoms with Gasteiger partial charge in [-0.15, -0.1) is 0 Å². The molecule has 0 bridgehead atoms. The molecule has 0 radical (unpaired) electrons. The maximum Gasteiger partial charge on any atom is 0.0441 e. The molecule has 1 aromatic carbocycles. The topological polar surface area (TPSA) is 24.1 Å². The molecule has 0 amide bonds. The molecular weight excluding hydrogens is 267 g/mol. The predicted molar refractivity (Wildman–Crippen MR) is 77.6 cm³/mol. The summed E-state index contributed by atoms with van der Waals surface area (Å²) in [6.07, 6.45) is 4.03. The van der Waals surface area contributed by atoms with Crippen LogP contribution in [0.4, 0.5) is 5.69 Å². The van der Waals surface area contributed by atoms with Crippen LogP contribution in [0.1, 0.15) is 19.3 Å². The van der Waals surface area contributed by atoms with Crippen molar-refractivity contribution in [3.63, 3.8) is 0 Å². The minimum Gasteiger partial charge on any atom is -0.385 e. The van der Waals surface area contributed by atoms with Crippen molar-refractivity contribution in [1.29, 1.82) is 0 Å². The summed E-state index contributed by atoms with van der Waals surface area (Å²) >= 11 is 12.0. The highest BCUT2D eigenvalue weighted by Crippen LogP contribution is 2.58. The Hall–Kier alpha value is -0.440. The second kappa shape index (κ2) is 4.92. The predicted octanol–water partition coefficient (Wildman–Crippen LogP) is 3.80. The molecule has 2 N–H and O–H groups in total. The quantitative estimate of drug-likeness (QED) is 0.882.